The van der Waals surface area contributed by atoms with E-state index in [1.807, 2.05) is 23.9 Å². The fraction of sp³-hybridized carbons (Fsp3) is 0.444. The summed E-state index contributed by atoms with van der Waals surface area (Å²) in [5.74, 6) is 0. The van der Waals surface area contributed by atoms with Crippen LogP contribution in [0.2, 0.25) is 0 Å². The molecule has 0 saturated carbocycles. The second-order valence-electron chi connectivity index (χ2n) is 6.40. The molecule has 1 aromatic carbocycles. The minimum absolute atomic E-state index is 0.0210. The normalized spacial score (nSPS) is 15.7. The van der Waals surface area contributed by atoms with Crippen molar-refractivity contribution >= 4 is 11.7 Å². The highest BCUT2D eigenvalue weighted by molar-refractivity contribution is 5.74. The maximum absolute atomic E-state index is 12.1. The number of para-hydroxylation sites is 1. The van der Waals surface area contributed by atoms with Gasteiger partial charge in [0.25, 0.3) is 0 Å². The number of carbonyl (C=O) groups is 1. The van der Waals surface area contributed by atoms with Gasteiger partial charge in [0, 0.05) is 43.3 Å². The van der Waals surface area contributed by atoms with Gasteiger partial charge in [-0.1, -0.05) is 18.2 Å². The molecule has 0 spiro atoms. The summed E-state index contributed by atoms with van der Waals surface area (Å²) in [6, 6.07) is 10.5. The van der Waals surface area contributed by atoms with Crippen molar-refractivity contribution in [2.45, 2.75) is 38.9 Å². The van der Waals surface area contributed by atoms with Crippen LogP contribution in [-0.4, -0.2) is 41.0 Å². The van der Waals surface area contributed by atoms with Crippen LogP contribution in [0, 0.1) is 0 Å². The molecule has 2 N–H and O–H groups in total. The Morgan fingerprint density at radius 1 is 1.29 bits per heavy atom. The smallest absolute Gasteiger partial charge is 0.315 e. The summed E-state index contributed by atoms with van der Waals surface area (Å²) >= 11 is 0. The molecule has 1 aromatic heterocycles. The van der Waals surface area contributed by atoms with Crippen LogP contribution < -0.4 is 15.5 Å². The second-order valence-corrected chi connectivity index (χ2v) is 6.40. The van der Waals surface area contributed by atoms with E-state index < -0.39 is 0 Å². The van der Waals surface area contributed by atoms with Gasteiger partial charge in [0.05, 0.1) is 6.54 Å². The lowest BCUT2D eigenvalue weighted by Gasteiger charge is -2.27. The molecule has 0 aliphatic carbocycles. The molecule has 3 rings (SSSR count). The number of amides is 2. The van der Waals surface area contributed by atoms with E-state index >= 15 is 0 Å². The number of nitrogens with one attached hydrogen (secondary N) is 2. The van der Waals surface area contributed by atoms with Crippen LogP contribution in [0.4, 0.5) is 10.5 Å². The van der Waals surface area contributed by atoms with Crippen LogP contribution in [-0.2, 0) is 13.0 Å². The Bertz CT molecular complexity index is 670. The van der Waals surface area contributed by atoms with Crippen LogP contribution >= 0.6 is 0 Å². The highest BCUT2D eigenvalue weighted by Gasteiger charge is 2.23. The molecule has 1 aliphatic rings. The number of aromatic nitrogens is 2. The average molecular weight is 327 g/mol. The zero-order valence-corrected chi connectivity index (χ0v) is 14.3. The minimum atomic E-state index is -0.131. The Morgan fingerprint density at radius 3 is 2.92 bits per heavy atom. The van der Waals surface area contributed by atoms with Crippen molar-refractivity contribution in [2.75, 3.05) is 18.0 Å². The number of fused-ring (bicyclic) bond motifs is 1. The van der Waals surface area contributed by atoms with E-state index in [9.17, 15) is 4.79 Å². The van der Waals surface area contributed by atoms with Gasteiger partial charge in [-0.2, -0.15) is 5.10 Å². The van der Waals surface area contributed by atoms with E-state index in [0.717, 1.165) is 13.0 Å². The molecule has 2 amide bonds. The molecule has 2 atom stereocenters. The molecule has 0 bridgehead atoms. The van der Waals surface area contributed by atoms with Crippen LogP contribution in [0.5, 0.6) is 0 Å². The topological polar surface area (TPSA) is 62.2 Å². The summed E-state index contributed by atoms with van der Waals surface area (Å²) in [7, 11) is 0. The quantitative estimate of drug-likeness (QED) is 0.853. The fourth-order valence-corrected chi connectivity index (χ4v) is 3.18. The van der Waals surface area contributed by atoms with Gasteiger partial charge in [-0.25, -0.2) is 4.79 Å². The molecular weight excluding hydrogens is 302 g/mol. The standard InChI is InChI=1S/C18H25N5O/c1-14(13-22-10-5-9-20-22)21-18(24)19-12-15(2)23-11-8-16-6-3-4-7-17(16)23/h3-7,9-10,14-15H,8,11-13H2,1-2H3,(H2,19,21,24)/t14-,15-/m1/s1. The molecule has 2 heterocycles. The van der Waals surface area contributed by atoms with Crippen molar-refractivity contribution in [3.8, 4) is 0 Å². The van der Waals surface area contributed by atoms with Crippen molar-refractivity contribution in [2.24, 2.45) is 0 Å². The second kappa shape index (κ2) is 7.38. The summed E-state index contributed by atoms with van der Waals surface area (Å²) < 4.78 is 1.81. The van der Waals surface area contributed by atoms with Crippen molar-refractivity contribution in [3.05, 3.63) is 48.3 Å². The minimum Gasteiger partial charge on any atom is -0.366 e. The highest BCUT2D eigenvalue weighted by atomic mass is 16.2. The van der Waals surface area contributed by atoms with Crippen molar-refractivity contribution in [1.29, 1.82) is 0 Å². The molecule has 6 nitrogen and oxygen atoms in total. The first kappa shape index (κ1) is 16.4. The largest absolute Gasteiger partial charge is 0.366 e. The van der Waals surface area contributed by atoms with Gasteiger partial charge in [-0.15, -0.1) is 0 Å². The third-order valence-electron chi connectivity index (χ3n) is 4.41. The van der Waals surface area contributed by atoms with Gasteiger partial charge in [0.2, 0.25) is 0 Å². The van der Waals surface area contributed by atoms with E-state index in [2.05, 4.69) is 51.8 Å². The third kappa shape index (κ3) is 3.88. The zero-order valence-electron chi connectivity index (χ0n) is 14.3. The summed E-state index contributed by atoms with van der Waals surface area (Å²) in [6.07, 6.45) is 4.71. The summed E-state index contributed by atoms with van der Waals surface area (Å²) in [4.78, 5) is 14.4. The zero-order chi connectivity index (χ0) is 16.9. The first-order valence-electron chi connectivity index (χ1n) is 8.50. The first-order chi connectivity index (χ1) is 11.6. The molecule has 0 fully saturated rings. The predicted molar refractivity (Wildman–Crippen MR) is 95.2 cm³/mol. The van der Waals surface area contributed by atoms with Crippen molar-refractivity contribution in [3.63, 3.8) is 0 Å². The average Bonchev–Trinajstić information content (AvgIpc) is 3.21. The van der Waals surface area contributed by atoms with Gasteiger partial charge < -0.3 is 15.5 Å². The van der Waals surface area contributed by atoms with E-state index in [1.54, 1.807) is 6.20 Å². The predicted octanol–water partition coefficient (Wildman–Crippen LogP) is 2.02. The van der Waals surface area contributed by atoms with Crippen LogP contribution in [0.1, 0.15) is 19.4 Å². The van der Waals surface area contributed by atoms with E-state index in [0.29, 0.717) is 13.1 Å². The number of rotatable bonds is 6. The number of hydrogen-bond acceptors (Lipinski definition) is 3. The SMILES string of the molecule is C[C@H](Cn1cccn1)NC(=O)NC[C@@H](C)N1CCc2ccccc21. The summed E-state index contributed by atoms with van der Waals surface area (Å²) in [5.41, 5.74) is 2.68. The molecule has 1 aliphatic heterocycles. The lowest BCUT2D eigenvalue weighted by atomic mass is 10.2. The number of benzene rings is 1. The van der Waals surface area contributed by atoms with Crippen LogP contribution in [0.25, 0.3) is 0 Å². The number of anilines is 1. The van der Waals surface area contributed by atoms with E-state index in [-0.39, 0.29) is 18.1 Å². The molecule has 2 aromatic rings. The lowest BCUT2D eigenvalue weighted by Crippen LogP contribution is -2.47. The number of urea groups is 1. The molecule has 24 heavy (non-hydrogen) atoms. The van der Waals surface area contributed by atoms with Crippen LogP contribution in [0.15, 0.2) is 42.7 Å². The molecular formula is C18H25N5O. The maximum Gasteiger partial charge on any atom is 0.315 e. The van der Waals surface area contributed by atoms with Gasteiger partial charge in [-0.3, -0.25) is 4.68 Å². The number of hydrogen-bond donors (Lipinski definition) is 2. The lowest BCUT2D eigenvalue weighted by molar-refractivity contribution is 0.235. The Kier molecular flexibility index (Phi) is 5.03. The monoisotopic (exact) mass is 327 g/mol. The number of nitrogens with zero attached hydrogens (tertiary/aromatic N) is 3. The molecule has 0 unspecified atom stereocenters. The van der Waals surface area contributed by atoms with Gasteiger partial charge >= 0.3 is 6.03 Å². The Hall–Kier alpha value is -2.50. The maximum atomic E-state index is 12.1. The fourth-order valence-electron chi connectivity index (χ4n) is 3.18. The molecule has 0 radical (unpaired) electrons. The highest BCUT2D eigenvalue weighted by Crippen LogP contribution is 2.28. The van der Waals surface area contributed by atoms with Gasteiger partial charge in [0.1, 0.15) is 0 Å². The Labute approximate surface area is 142 Å². The Balaban J connectivity index is 1.44. The summed E-state index contributed by atoms with van der Waals surface area (Å²) in [5, 5.41) is 10.1. The molecule has 0 saturated heterocycles. The van der Waals surface area contributed by atoms with Gasteiger partial charge in [-0.05, 0) is 38.0 Å². The summed E-state index contributed by atoms with van der Waals surface area (Å²) in [6.45, 7) is 6.42. The first-order valence-corrected chi connectivity index (χ1v) is 8.50. The number of carbonyl (C=O) groups excluding carboxylic acids is 1. The van der Waals surface area contributed by atoms with Crippen molar-refractivity contribution in [1.82, 2.24) is 20.4 Å². The Morgan fingerprint density at radius 2 is 2.12 bits per heavy atom. The van der Waals surface area contributed by atoms with Gasteiger partial charge in [0.15, 0.2) is 0 Å². The molecule has 128 valence electrons. The van der Waals surface area contributed by atoms with Crippen LogP contribution in [0.3, 0.4) is 0 Å². The van der Waals surface area contributed by atoms with Crippen molar-refractivity contribution < 1.29 is 4.79 Å². The molecule has 6 heteroatoms. The van der Waals surface area contributed by atoms with E-state index in [4.69, 9.17) is 0 Å². The van der Waals surface area contributed by atoms with E-state index in [1.165, 1.54) is 11.3 Å². The third-order valence-corrected chi connectivity index (χ3v) is 4.41.